The maximum atomic E-state index is 13.9. The minimum absolute atomic E-state index is 0.120. The Morgan fingerprint density at radius 3 is 2.96 bits per heavy atom. The third-order valence-electron chi connectivity index (χ3n) is 4.36. The number of pyridine rings is 1. The van der Waals surface area contributed by atoms with Crippen LogP contribution in [0.15, 0.2) is 52.3 Å². The first-order valence-electron chi connectivity index (χ1n) is 8.33. The molecule has 5 heteroatoms. The third-order valence-corrected chi connectivity index (χ3v) is 6.35. The van der Waals surface area contributed by atoms with Gasteiger partial charge in [0.25, 0.3) is 0 Å². The molecule has 25 heavy (non-hydrogen) atoms. The van der Waals surface area contributed by atoms with Gasteiger partial charge < -0.3 is 0 Å². The molecule has 0 fully saturated rings. The summed E-state index contributed by atoms with van der Waals surface area (Å²) in [4.78, 5) is 9.34. The molecular weight excluding hydrogens is 351 g/mol. The second-order valence-corrected chi connectivity index (χ2v) is 9.50. The van der Waals surface area contributed by atoms with E-state index in [1.165, 1.54) is 11.6 Å². The van der Waals surface area contributed by atoms with E-state index in [0.29, 0.717) is 5.52 Å². The van der Waals surface area contributed by atoms with Crippen LogP contribution < -0.4 is 0 Å². The van der Waals surface area contributed by atoms with E-state index in [1.54, 1.807) is 35.4 Å². The number of hydrogen-bond acceptors (Lipinski definition) is 4. The Morgan fingerprint density at radius 1 is 1.28 bits per heavy atom. The number of aromatic nitrogens is 1. The van der Waals surface area contributed by atoms with Gasteiger partial charge in [0, 0.05) is 21.9 Å². The first kappa shape index (κ1) is 16.7. The Morgan fingerprint density at radius 2 is 2.16 bits per heavy atom. The molecule has 4 rings (SSSR count). The second-order valence-electron chi connectivity index (χ2n) is 7.03. The van der Waals surface area contributed by atoms with Crippen molar-refractivity contribution in [3.05, 3.63) is 64.2 Å². The van der Waals surface area contributed by atoms with Crippen molar-refractivity contribution in [2.75, 3.05) is 0 Å². The summed E-state index contributed by atoms with van der Waals surface area (Å²) in [6.45, 7) is 4.53. The van der Waals surface area contributed by atoms with Gasteiger partial charge in [-0.2, -0.15) is 11.3 Å². The van der Waals surface area contributed by atoms with Gasteiger partial charge in [0.15, 0.2) is 0 Å². The van der Waals surface area contributed by atoms with Crippen LogP contribution in [0.1, 0.15) is 31.4 Å². The number of hydrogen-bond donors (Lipinski definition) is 0. The van der Waals surface area contributed by atoms with E-state index in [1.807, 2.05) is 12.1 Å². The average Bonchev–Trinajstić information content (AvgIpc) is 3.06. The molecule has 1 unspecified atom stereocenters. The topological polar surface area (TPSA) is 25.2 Å². The van der Waals surface area contributed by atoms with Crippen molar-refractivity contribution >= 4 is 39.0 Å². The fourth-order valence-corrected chi connectivity index (χ4v) is 5.19. The highest BCUT2D eigenvalue weighted by Gasteiger charge is 2.31. The summed E-state index contributed by atoms with van der Waals surface area (Å²) in [6.07, 6.45) is 3.76. The molecule has 0 saturated carbocycles. The zero-order chi connectivity index (χ0) is 17.4. The molecule has 1 aromatic carbocycles. The predicted molar refractivity (Wildman–Crippen MR) is 106 cm³/mol. The van der Waals surface area contributed by atoms with E-state index in [9.17, 15) is 4.39 Å². The van der Waals surface area contributed by atoms with Crippen LogP contribution in [0.3, 0.4) is 0 Å². The number of fused-ring (bicyclic) bond motifs is 1. The standard InChI is InChI=1S/C20H19FN2S2/c1-20(2)10-16(8-13-6-7-24-12-13)23-19(25-20)15-9-14-4-3-5-17(21)18(14)22-11-15/h3-7,9,11-12,16H,8,10H2,1-2H3. The van der Waals surface area contributed by atoms with Gasteiger partial charge in [-0.05, 0) is 47.4 Å². The molecule has 0 N–H and O–H groups in total. The largest absolute Gasteiger partial charge is 0.274 e. The fourth-order valence-electron chi connectivity index (χ4n) is 3.28. The number of thiophene rings is 1. The molecule has 0 amide bonds. The molecule has 2 nitrogen and oxygen atoms in total. The Labute approximate surface area is 155 Å². The maximum Gasteiger partial charge on any atom is 0.149 e. The minimum atomic E-state index is -0.280. The van der Waals surface area contributed by atoms with Crippen LogP contribution in [0.2, 0.25) is 0 Å². The third kappa shape index (κ3) is 3.62. The number of aliphatic imine (C=N–C) groups is 1. The Hall–Kier alpha value is -1.72. The van der Waals surface area contributed by atoms with E-state index in [2.05, 4.69) is 35.7 Å². The second kappa shape index (κ2) is 6.54. The molecule has 2 aromatic heterocycles. The van der Waals surface area contributed by atoms with Crippen LogP contribution in [0.4, 0.5) is 4.39 Å². The molecule has 1 aliphatic rings. The number of thioether (sulfide) groups is 1. The Balaban J connectivity index is 1.70. The van der Waals surface area contributed by atoms with Crippen molar-refractivity contribution < 1.29 is 4.39 Å². The summed E-state index contributed by atoms with van der Waals surface area (Å²) in [5, 5.41) is 6.14. The van der Waals surface area contributed by atoms with Gasteiger partial charge in [0.2, 0.25) is 0 Å². The summed E-state index contributed by atoms with van der Waals surface area (Å²) < 4.78 is 14.0. The summed E-state index contributed by atoms with van der Waals surface area (Å²) in [6, 6.07) is 9.51. The molecule has 0 aliphatic carbocycles. The van der Waals surface area contributed by atoms with Gasteiger partial charge in [0.05, 0.1) is 6.04 Å². The van der Waals surface area contributed by atoms with Crippen molar-refractivity contribution in [2.24, 2.45) is 4.99 Å². The van der Waals surface area contributed by atoms with Crippen molar-refractivity contribution in [2.45, 2.75) is 37.5 Å². The zero-order valence-electron chi connectivity index (χ0n) is 14.2. The lowest BCUT2D eigenvalue weighted by molar-refractivity contribution is 0.526. The number of halogens is 1. The predicted octanol–water partition coefficient (Wildman–Crippen LogP) is 5.71. The molecule has 0 bridgehead atoms. The van der Waals surface area contributed by atoms with Crippen LogP contribution in [-0.2, 0) is 6.42 Å². The summed E-state index contributed by atoms with van der Waals surface area (Å²) in [7, 11) is 0. The Kier molecular flexibility index (Phi) is 4.38. The van der Waals surface area contributed by atoms with Crippen LogP contribution in [0.25, 0.3) is 10.9 Å². The molecule has 3 aromatic rings. The molecule has 3 heterocycles. The number of nitrogens with zero attached hydrogens (tertiary/aromatic N) is 2. The Bertz CT molecular complexity index is 932. The van der Waals surface area contributed by atoms with Gasteiger partial charge in [-0.3, -0.25) is 9.98 Å². The molecule has 1 atom stereocenters. The lowest BCUT2D eigenvalue weighted by atomic mass is 9.98. The fraction of sp³-hybridized carbons (Fsp3) is 0.300. The summed E-state index contributed by atoms with van der Waals surface area (Å²) >= 11 is 3.52. The maximum absolute atomic E-state index is 13.9. The van der Waals surface area contributed by atoms with Crippen molar-refractivity contribution in [3.8, 4) is 0 Å². The van der Waals surface area contributed by atoms with Gasteiger partial charge in [-0.15, -0.1) is 0 Å². The molecule has 0 spiro atoms. The average molecular weight is 371 g/mol. The molecule has 128 valence electrons. The van der Waals surface area contributed by atoms with Crippen LogP contribution >= 0.6 is 23.1 Å². The van der Waals surface area contributed by atoms with Crippen LogP contribution in [0, 0.1) is 5.82 Å². The number of rotatable bonds is 3. The van der Waals surface area contributed by atoms with Gasteiger partial charge in [0.1, 0.15) is 16.4 Å². The number of benzene rings is 1. The van der Waals surface area contributed by atoms with Crippen molar-refractivity contribution in [3.63, 3.8) is 0 Å². The minimum Gasteiger partial charge on any atom is -0.274 e. The van der Waals surface area contributed by atoms with E-state index in [4.69, 9.17) is 4.99 Å². The van der Waals surface area contributed by atoms with E-state index < -0.39 is 0 Å². The van der Waals surface area contributed by atoms with Gasteiger partial charge in [-0.1, -0.05) is 37.7 Å². The summed E-state index contributed by atoms with van der Waals surface area (Å²) in [5.74, 6) is -0.280. The molecule has 0 radical (unpaired) electrons. The van der Waals surface area contributed by atoms with Crippen molar-refractivity contribution in [1.29, 1.82) is 0 Å². The van der Waals surface area contributed by atoms with Crippen molar-refractivity contribution in [1.82, 2.24) is 4.98 Å². The zero-order valence-corrected chi connectivity index (χ0v) is 15.8. The molecule has 1 aliphatic heterocycles. The van der Waals surface area contributed by atoms with Gasteiger partial charge >= 0.3 is 0 Å². The van der Waals surface area contributed by atoms with Crippen LogP contribution in [0.5, 0.6) is 0 Å². The lowest BCUT2D eigenvalue weighted by Crippen LogP contribution is -2.31. The normalized spacial score (nSPS) is 19.8. The van der Waals surface area contributed by atoms with Crippen LogP contribution in [-0.4, -0.2) is 20.8 Å². The highest BCUT2D eigenvalue weighted by molar-refractivity contribution is 8.15. The number of para-hydroxylation sites is 1. The van der Waals surface area contributed by atoms with E-state index in [0.717, 1.165) is 28.8 Å². The van der Waals surface area contributed by atoms with Gasteiger partial charge in [-0.25, -0.2) is 4.39 Å². The lowest BCUT2D eigenvalue weighted by Gasteiger charge is -2.33. The highest BCUT2D eigenvalue weighted by atomic mass is 32.2. The summed E-state index contributed by atoms with van der Waals surface area (Å²) in [5.41, 5.74) is 2.74. The molecule has 0 saturated heterocycles. The smallest absolute Gasteiger partial charge is 0.149 e. The first-order chi connectivity index (χ1) is 12.0. The monoisotopic (exact) mass is 370 g/mol. The van der Waals surface area contributed by atoms with E-state index >= 15 is 0 Å². The highest BCUT2D eigenvalue weighted by Crippen LogP contribution is 2.39. The SMILES string of the molecule is CC1(C)CC(Cc2ccsc2)N=C(c2cnc3c(F)cccc3c2)S1. The first-order valence-corrected chi connectivity index (χ1v) is 10.1. The quantitative estimate of drug-likeness (QED) is 0.590. The molecular formula is C20H19FN2S2. The van der Waals surface area contributed by atoms with E-state index in [-0.39, 0.29) is 16.6 Å².